The highest BCUT2D eigenvalue weighted by molar-refractivity contribution is 7.13. The summed E-state index contributed by atoms with van der Waals surface area (Å²) in [5.41, 5.74) is 6.69. The molecule has 2 rings (SSSR count). The van der Waals surface area contributed by atoms with Crippen LogP contribution in [0.3, 0.4) is 0 Å². The fraction of sp³-hybridized carbons (Fsp3) is 0.250. The molecule has 106 valence electrons. The zero-order valence-corrected chi connectivity index (χ0v) is 11.6. The average Bonchev–Trinajstić information content (AvgIpc) is 2.86. The summed E-state index contributed by atoms with van der Waals surface area (Å²) in [5, 5.41) is 13.3. The van der Waals surface area contributed by atoms with Crippen LogP contribution in [0.2, 0.25) is 0 Å². The highest BCUT2D eigenvalue weighted by atomic mass is 32.1. The number of anilines is 1. The number of hydrogen-bond acceptors (Lipinski definition) is 7. The van der Waals surface area contributed by atoms with Gasteiger partial charge in [-0.25, -0.2) is 4.98 Å². The van der Waals surface area contributed by atoms with E-state index in [1.54, 1.807) is 17.5 Å². The van der Waals surface area contributed by atoms with Crippen molar-refractivity contribution < 1.29 is 14.4 Å². The smallest absolute Gasteiger partial charge is 0.311 e. The number of aromatic nitrogens is 1. The number of nitrogens with two attached hydrogens (primary N) is 1. The molecule has 0 amide bonds. The molecule has 20 heavy (non-hydrogen) atoms. The lowest BCUT2D eigenvalue weighted by Gasteiger charge is -2.07. The third-order valence-corrected chi connectivity index (χ3v) is 3.19. The lowest BCUT2D eigenvalue weighted by Crippen LogP contribution is -2.06. The van der Waals surface area contributed by atoms with Crippen molar-refractivity contribution in [2.24, 2.45) is 0 Å². The van der Waals surface area contributed by atoms with Crippen LogP contribution in [0.5, 0.6) is 5.75 Å². The minimum absolute atomic E-state index is 0.106. The molecule has 0 unspecified atom stereocenters. The number of nitro groups is 1. The molecule has 0 aliphatic carbocycles. The Bertz CT molecular complexity index is 614. The molecule has 0 saturated heterocycles. The molecule has 0 radical (unpaired) electrons. The van der Waals surface area contributed by atoms with Crippen LogP contribution in [0, 0.1) is 10.1 Å². The number of ether oxygens (including phenoxy) is 2. The summed E-state index contributed by atoms with van der Waals surface area (Å²) >= 11 is 1.28. The second-order valence-corrected chi connectivity index (χ2v) is 4.74. The van der Waals surface area contributed by atoms with Crippen molar-refractivity contribution in [2.45, 2.75) is 0 Å². The van der Waals surface area contributed by atoms with Gasteiger partial charge in [0.1, 0.15) is 6.61 Å². The Morgan fingerprint density at radius 2 is 2.25 bits per heavy atom. The van der Waals surface area contributed by atoms with Gasteiger partial charge >= 0.3 is 5.69 Å². The van der Waals surface area contributed by atoms with Gasteiger partial charge in [-0.15, -0.1) is 11.3 Å². The van der Waals surface area contributed by atoms with Crippen molar-refractivity contribution in [2.75, 3.05) is 26.1 Å². The number of nitro benzene ring substituents is 1. The number of benzene rings is 1. The van der Waals surface area contributed by atoms with Gasteiger partial charge in [0.15, 0.2) is 10.9 Å². The molecule has 8 heteroatoms. The number of nitrogens with zero attached hydrogens (tertiary/aromatic N) is 2. The van der Waals surface area contributed by atoms with E-state index in [9.17, 15) is 10.1 Å². The van der Waals surface area contributed by atoms with E-state index in [-0.39, 0.29) is 18.0 Å². The summed E-state index contributed by atoms with van der Waals surface area (Å²) in [6.07, 6.45) is 0. The minimum atomic E-state index is -0.485. The van der Waals surface area contributed by atoms with Gasteiger partial charge in [0, 0.05) is 24.1 Å². The fourth-order valence-electron chi connectivity index (χ4n) is 1.60. The molecule has 2 N–H and O–H groups in total. The van der Waals surface area contributed by atoms with Gasteiger partial charge in [-0.3, -0.25) is 10.1 Å². The van der Waals surface area contributed by atoms with E-state index >= 15 is 0 Å². The van der Waals surface area contributed by atoms with Gasteiger partial charge in [-0.1, -0.05) is 0 Å². The Morgan fingerprint density at radius 1 is 1.45 bits per heavy atom. The van der Waals surface area contributed by atoms with Crippen LogP contribution in [-0.4, -0.2) is 30.2 Å². The van der Waals surface area contributed by atoms with Gasteiger partial charge in [-0.2, -0.15) is 0 Å². The number of hydrogen-bond donors (Lipinski definition) is 1. The van der Waals surface area contributed by atoms with E-state index in [0.717, 1.165) is 0 Å². The molecule has 7 nitrogen and oxygen atoms in total. The molecule has 1 aromatic heterocycles. The second-order valence-electron chi connectivity index (χ2n) is 3.85. The summed E-state index contributed by atoms with van der Waals surface area (Å²) in [4.78, 5) is 14.7. The summed E-state index contributed by atoms with van der Waals surface area (Å²) < 4.78 is 10.2. The zero-order chi connectivity index (χ0) is 14.5. The Kier molecular flexibility index (Phi) is 4.49. The van der Waals surface area contributed by atoms with Crippen LogP contribution in [0.4, 0.5) is 10.8 Å². The molecular formula is C12H13N3O4S. The maximum absolute atomic E-state index is 11.1. The van der Waals surface area contributed by atoms with Crippen LogP contribution in [0.25, 0.3) is 11.3 Å². The molecule has 0 spiro atoms. The first-order chi connectivity index (χ1) is 9.61. The molecule has 1 aromatic carbocycles. The summed E-state index contributed by atoms with van der Waals surface area (Å²) in [6, 6.07) is 4.69. The predicted molar refractivity (Wildman–Crippen MR) is 76.0 cm³/mol. The second kappa shape index (κ2) is 6.31. The van der Waals surface area contributed by atoms with Crippen molar-refractivity contribution in [1.82, 2.24) is 4.98 Å². The van der Waals surface area contributed by atoms with Crippen molar-refractivity contribution >= 4 is 22.2 Å². The average molecular weight is 295 g/mol. The number of nitrogen functional groups attached to an aromatic ring is 1. The first-order valence-corrected chi connectivity index (χ1v) is 6.61. The zero-order valence-electron chi connectivity index (χ0n) is 10.7. The molecule has 1 heterocycles. The SMILES string of the molecule is COCCOc1ccc(-c2csc(N)n2)cc1[N+](=O)[O-]. The van der Waals surface area contributed by atoms with Crippen LogP contribution in [0.15, 0.2) is 23.6 Å². The molecular weight excluding hydrogens is 282 g/mol. The normalized spacial score (nSPS) is 10.4. The van der Waals surface area contributed by atoms with Gasteiger partial charge < -0.3 is 15.2 Å². The molecule has 2 aromatic rings. The molecule has 0 fully saturated rings. The summed E-state index contributed by atoms with van der Waals surface area (Å²) in [5.74, 6) is 0.207. The number of rotatable bonds is 6. The lowest BCUT2D eigenvalue weighted by atomic mass is 10.1. The fourth-order valence-corrected chi connectivity index (χ4v) is 2.17. The number of methoxy groups -OCH3 is 1. The van der Waals surface area contributed by atoms with E-state index < -0.39 is 4.92 Å². The Morgan fingerprint density at radius 3 is 2.85 bits per heavy atom. The highest BCUT2D eigenvalue weighted by Gasteiger charge is 2.17. The maximum atomic E-state index is 11.1. The molecule has 0 aliphatic rings. The lowest BCUT2D eigenvalue weighted by molar-refractivity contribution is -0.385. The predicted octanol–water partition coefficient (Wildman–Crippen LogP) is 2.33. The van der Waals surface area contributed by atoms with Gasteiger partial charge in [0.25, 0.3) is 0 Å². The van der Waals surface area contributed by atoms with Crippen molar-refractivity contribution in [3.8, 4) is 17.0 Å². The van der Waals surface area contributed by atoms with Crippen molar-refractivity contribution in [3.63, 3.8) is 0 Å². The van der Waals surface area contributed by atoms with E-state index in [2.05, 4.69) is 4.98 Å². The van der Waals surface area contributed by atoms with E-state index in [0.29, 0.717) is 23.0 Å². The standard InChI is InChI=1S/C12H13N3O4S/c1-18-4-5-19-11-3-2-8(6-10(11)15(16)17)9-7-20-12(13)14-9/h2-3,6-7H,4-5H2,1H3,(H2,13,14). The van der Waals surface area contributed by atoms with Crippen molar-refractivity contribution in [3.05, 3.63) is 33.7 Å². The first kappa shape index (κ1) is 14.2. The quantitative estimate of drug-likeness (QED) is 0.498. The Balaban J connectivity index is 2.30. The molecule has 0 atom stereocenters. The summed E-state index contributed by atoms with van der Waals surface area (Å²) in [6.45, 7) is 0.613. The highest BCUT2D eigenvalue weighted by Crippen LogP contribution is 2.33. The molecule has 0 bridgehead atoms. The van der Waals surface area contributed by atoms with E-state index in [1.807, 2.05) is 0 Å². The van der Waals surface area contributed by atoms with Gasteiger partial charge in [-0.05, 0) is 12.1 Å². The summed E-state index contributed by atoms with van der Waals surface area (Å²) in [7, 11) is 1.54. The molecule has 0 aliphatic heterocycles. The Labute approximate surface area is 119 Å². The van der Waals surface area contributed by atoms with E-state index in [4.69, 9.17) is 15.2 Å². The van der Waals surface area contributed by atoms with Crippen LogP contribution in [-0.2, 0) is 4.74 Å². The van der Waals surface area contributed by atoms with Crippen LogP contribution < -0.4 is 10.5 Å². The third kappa shape index (κ3) is 3.22. The number of thiazole rings is 1. The first-order valence-electron chi connectivity index (χ1n) is 5.73. The van der Waals surface area contributed by atoms with E-state index in [1.165, 1.54) is 24.5 Å². The van der Waals surface area contributed by atoms with Gasteiger partial charge in [0.2, 0.25) is 0 Å². The van der Waals surface area contributed by atoms with Crippen LogP contribution >= 0.6 is 11.3 Å². The largest absolute Gasteiger partial charge is 0.484 e. The minimum Gasteiger partial charge on any atom is -0.484 e. The van der Waals surface area contributed by atoms with Gasteiger partial charge in [0.05, 0.1) is 17.2 Å². The topological polar surface area (TPSA) is 101 Å². The monoisotopic (exact) mass is 295 g/mol. The van der Waals surface area contributed by atoms with Crippen LogP contribution in [0.1, 0.15) is 0 Å². The van der Waals surface area contributed by atoms with Crippen molar-refractivity contribution in [1.29, 1.82) is 0 Å². The third-order valence-electron chi connectivity index (χ3n) is 2.52. The molecule has 0 saturated carbocycles. The Hall–Kier alpha value is -2.19. The maximum Gasteiger partial charge on any atom is 0.311 e.